The monoisotopic (exact) mass is 393 g/mol. The van der Waals surface area contributed by atoms with Crippen LogP contribution in [0.1, 0.15) is 40.4 Å². The molecule has 0 spiro atoms. The van der Waals surface area contributed by atoms with Crippen molar-refractivity contribution in [1.29, 1.82) is 0 Å². The first kappa shape index (κ1) is 19.5. The summed E-state index contributed by atoms with van der Waals surface area (Å²) in [5, 5.41) is 9.37. The molecule has 2 amide bonds. The maximum absolute atomic E-state index is 12.6. The highest BCUT2D eigenvalue weighted by Crippen LogP contribution is 2.21. The number of benzene rings is 1. The molecule has 1 aromatic carbocycles. The van der Waals surface area contributed by atoms with Crippen LogP contribution in [0.25, 0.3) is 0 Å². The van der Waals surface area contributed by atoms with E-state index in [-0.39, 0.29) is 17.9 Å². The van der Waals surface area contributed by atoms with Crippen LogP contribution >= 0.6 is 0 Å². The smallest absolute Gasteiger partial charge is 0.251 e. The molecule has 2 aliphatic rings. The lowest BCUT2D eigenvalue weighted by atomic mass is 10.1. The summed E-state index contributed by atoms with van der Waals surface area (Å²) >= 11 is 0. The van der Waals surface area contributed by atoms with E-state index < -0.39 is 0 Å². The van der Waals surface area contributed by atoms with Crippen molar-refractivity contribution in [2.24, 2.45) is 0 Å². The minimum absolute atomic E-state index is 0.0198. The highest BCUT2D eigenvalue weighted by molar-refractivity contribution is 5.94. The van der Waals surface area contributed by atoms with Gasteiger partial charge in [-0.25, -0.2) is 0 Å². The fourth-order valence-electron chi connectivity index (χ4n) is 3.60. The zero-order valence-electron chi connectivity index (χ0n) is 16.4. The molecule has 3 N–H and O–H groups in total. The highest BCUT2D eigenvalue weighted by atomic mass is 16.2. The summed E-state index contributed by atoms with van der Waals surface area (Å²) in [4.78, 5) is 31.2. The summed E-state index contributed by atoms with van der Waals surface area (Å²) in [6.45, 7) is 3.22. The van der Waals surface area contributed by atoms with Gasteiger partial charge in [-0.05, 0) is 42.2 Å². The third kappa shape index (κ3) is 5.40. The number of amides is 2. The number of carbonyl (C=O) groups is 2. The van der Waals surface area contributed by atoms with E-state index in [4.69, 9.17) is 0 Å². The van der Waals surface area contributed by atoms with Crippen LogP contribution in [0.5, 0.6) is 0 Å². The summed E-state index contributed by atoms with van der Waals surface area (Å²) in [6.07, 6.45) is 5.75. The standard InChI is InChI=1S/C22H27N5O2/c28-21(15-27-10-9-24-14-20(27)18-5-2-8-23-13-18)25-12-16-3-1-4-17(11-16)22(29)26-19-6-7-19/h1-5,8,11,13,19-20,24H,6-7,9-10,12,14-15H2,(H,25,28)(H,26,29). The predicted octanol–water partition coefficient (Wildman–Crippen LogP) is 1.24. The van der Waals surface area contributed by atoms with Crippen LogP contribution in [0.3, 0.4) is 0 Å². The summed E-state index contributed by atoms with van der Waals surface area (Å²) in [6, 6.07) is 11.9. The first-order valence-electron chi connectivity index (χ1n) is 10.2. The molecule has 1 aliphatic heterocycles. The Labute approximate surface area is 170 Å². The minimum atomic E-state index is -0.0409. The molecular weight excluding hydrogens is 366 g/mol. The molecule has 4 rings (SSSR count). The topological polar surface area (TPSA) is 86.4 Å². The number of nitrogens with one attached hydrogen (secondary N) is 3. The van der Waals surface area contributed by atoms with Crippen LogP contribution in [0, 0.1) is 0 Å². The molecule has 152 valence electrons. The average Bonchev–Trinajstić information content (AvgIpc) is 3.57. The number of rotatable bonds is 7. The second-order valence-electron chi connectivity index (χ2n) is 7.70. The van der Waals surface area contributed by atoms with Crippen LogP contribution in [0.2, 0.25) is 0 Å². The first-order valence-corrected chi connectivity index (χ1v) is 10.2. The van der Waals surface area contributed by atoms with Crippen molar-refractivity contribution in [2.75, 3.05) is 26.2 Å². The molecular formula is C22H27N5O2. The maximum Gasteiger partial charge on any atom is 0.251 e. The molecule has 1 aliphatic carbocycles. The van der Waals surface area contributed by atoms with E-state index >= 15 is 0 Å². The number of hydrogen-bond donors (Lipinski definition) is 3. The van der Waals surface area contributed by atoms with Crippen LogP contribution in [0.4, 0.5) is 0 Å². The second-order valence-corrected chi connectivity index (χ2v) is 7.70. The van der Waals surface area contributed by atoms with Gasteiger partial charge in [0.15, 0.2) is 0 Å². The molecule has 1 atom stereocenters. The molecule has 1 saturated carbocycles. The van der Waals surface area contributed by atoms with Gasteiger partial charge in [-0.2, -0.15) is 0 Å². The number of carbonyl (C=O) groups excluding carboxylic acids is 2. The predicted molar refractivity (Wildman–Crippen MR) is 110 cm³/mol. The Hall–Kier alpha value is -2.77. The van der Waals surface area contributed by atoms with E-state index in [1.807, 2.05) is 42.6 Å². The van der Waals surface area contributed by atoms with Gasteiger partial charge in [-0.1, -0.05) is 18.2 Å². The van der Waals surface area contributed by atoms with Crippen molar-refractivity contribution in [3.05, 3.63) is 65.5 Å². The van der Waals surface area contributed by atoms with Crippen molar-refractivity contribution >= 4 is 11.8 Å². The van der Waals surface area contributed by atoms with Crippen LogP contribution < -0.4 is 16.0 Å². The van der Waals surface area contributed by atoms with E-state index in [9.17, 15) is 9.59 Å². The number of hydrogen-bond acceptors (Lipinski definition) is 5. The molecule has 2 heterocycles. The Kier molecular flexibility index (Phi) is 6.17. The molecule has 1 aromatic heterocycles. The van der Waals surface area contributed by atoms with E-state index in [2.05, 4.69) is 25.8 Å². The molecule has 0 bridgehead atoms. The van der Waals surface area contributed by atoms with Crippen molar-refractivity contribution in [3.63, 3.8) is 0 Å². The van der Waals surface area contributed by atoms with Gasteiger partial charge < -0.3 is 16.0 Å². The van der Waals surface area contributed by atoms with Crippen LogP contribution in [0.15, 0.2) is 48.8 Å². The number of nitrogens with zero attached hydrogens (tertiary/aromatic N) is 2. The summed E-state index contributed by atoms with van der Waals surface area (Å²) < 4.78 is 0. The summed E-state index contributed by atoms with van der Waals surface area (Å²) in [5.74, 6) is -0.0607. The summed E-state index contributed by atoms with van der Waals surface area (Å²) in [7, 11) is 0. The SMILES string of the molecule is O=C(CN1CCNCC1c1cccnc1)NCc1cccc(C(=O)NC2CC2)c1. The van der Waals surface area contributed by atoms with E-state index in [0.29, 0.717) is 24.7 Å². The maximum atomic E-state index is 12.6. The number of piperazine rings is 1. The summed E-state index contributed by atoms with van der Waals surface area (Å²) in [5.41, 5.74) is 2.68. The van der Waals surface area contributed by atoms with Gasteiger partial charge in [-0.15, -0.1) is 0 Å². The molecule has 2 aromatic rings. The molecule has 0 radical (unpaired) electrons. The van der Waals surface area contributed by atoms with Gasteiger partial charge in [0.25, 0.3) is 5.91 Å². The van der Waals surface area contributed by atoms with E-state index in [0.717, 1.165) is 43.6 Å². The normalized spacial score (nSPS) is 19.5. The Balaban J connectivity index is 1.31. The Morgan fingerprint density at radius 2 is 2.10 bits per heavy atom. The van der Waals surface area contributed by atoms with Gasteiger partial charge in [-0.3, -0.25) is 19.5 Å². The van der Waals surface area contributed by atoms with Crippen molar-refractivity contribution < 1.29 is 9.59 Å². The number of aromatic nitrogens is 1. The largest absolute Gasteiger partial charge is 0.351 e. The zero-order chi connectivity index (χ0) is 20.1. The molecule has 1 unspecified atom stereocenters. The van der Waals surface area contributed by atoms with Gasteiger partial charge in [0.1, 0.15) is 0 Å². The van der Waals surface area contributed by atoms with Gasteiger partial charge in [0.2, 0.25) is 5.91 Å². The van der Waals surface area contributed by atoms with Crippen molar-refractivity contribution in [3.8, 4) is 0 Å². The lowest BCUT2D eigenvalue weighted by Gasteiger charge is -2.35. The lowest BCUT2D eigenvalue weighted by molar-refractivity contribution is -0.123. The van der Waals surface area contributed by atoms with Crippen molar-refractivity contribution in [2.45, 2.75) is 31.5 Å². The van der Waals surface area contributed by atoms with Gasteiger partial charge in [0.05, 0.1) is 6.54 Å². The quantitative estimate of drug-likeness (QED) is 0.659. The molecule has 7 heteroatoms. The third-order valence-corrected chi connectivity index (χ3v) is 5.36. The molecule has 29 heavy (non-hydrogen) atoms. The Morgan fingerprint density at radius 1 is 1.21 bits per heavy atom. The van der Waals surface area contributed by atoms with Crippen LogP contribution in [-0.2, 0) is 11.3 Å². The van der Waals surface area contributed by atoms with E-state index in [1.54, 1.807) is 6.20 Å². The van der Waals surface area contributed by atoms with Gasteiger partial charge >= 0.3 is 0 Å². The van der Waals surface area contributed by atoms with Crippen molar-refractivity contribution in [1.82, 2.24) is 25.8 Å². The molecule has 7 nitrogen and oxygen atoms in total. The number of pyridine rings is 1. The Bertz CT molecular complexity index is 853. The average molecular weight is 393 g/mol. The fourth-order valence-corrected chi connectivity index (χ4v) is 3.60. The van der Waals surface area contributed by atoms with E-state index in [1.165, 1.54) is 0 Å². The minimum Gasteiger partial charge on any atom is -0.351 e. The second kappa shape index (κ2) is 9.15. The zero-order valence-corrected chi connectivity index (χ0v) is 16.4. The third-order valence-electron chi connectivity index (χ3n) is 5.36. The Morgan fingerprint density at radius 3 is 2.90 bits per heavy atom. The first-order chi connectivity index (χ1) is 14.2. The molecule has 1 saturated heterocycles. The fraction of sp³-hybridized carbons (Fsp3) is 0.409. The highest BCUT2D eigenvalue weighted by Gasteiger charge is 2.26. The van der Waals surface area contributed by atoms with Gasteiger partial charge in [0, 0.05) is 56.2 Å². The lowest BCUT2D eigenvalue weighted by Crippen LogP contribution is -2.49. The van der Waals surface area contributed by atoms with Crippen LogP contribution in [-0.4, -0.2) is 53.9 Å². The molecule has 2 fully saturated rings.